The van der Waals surface area contributed by atoms with E-state index in [1.165, 1.54) is 6.07 Å². The molecule has 16 heavy (non-hydrogen) atoms. The molecule has 0 aromatic carbocycles. The normalized spacial score (nSPS) is 10.3. The zero-order valence-corrected chi connectivity index (χ0v) is 8.77. The highest BCUT2D eigenvalue weighted by molar-refractivity contribution is 5.92. The first-order valence-corrected chi connectivity index (χ1v) is 4.73. The van der Waals surface area contributed by atoms with Crippen molar-refractivity contribution in [3.05, 3.63) is 29.7 Å². The van der Waals surface area contributed by atoms with Crippen LogP contribution in [0.15, 0.2) is 18.3 Å². The fourth-order valence-corrected chi connectivity index (χ4v) is 1.28. The van der Waals surface area contributed by atoms with Crippen molar-refractivity contribution in [2.45, 2.75) is 6.54 Å². The van der Waals surface area contributed by atoms with Gasteiger partial charge in [0.2, 0.25) is 0 Å². The van der Waals surface area contributed by atoms with Gasteiger partial charge in [0.15, 0.2) is 0 Å². The number of rotatable bonds is 3. The van der Waals surface area contributed by atoms with Crippen LogP contribution in [0.3, 0.4) is 0 Å². The second-order valence-corrected chi connectivity index (χ2v) is 3.37. The molecule has 0 saturated heterocycles. The summed E-state index contributed by atoms with van der Waals surface area (Å²) in [5.74, 6) is 0.0397. The Morgan fingerprint density at radius 2 is 2.50 bits per heavy atom. The van der Waals surface area contributed by atoms with Crippen molar-refractivity contribution in [3.63, 3.8) is 0 Å². The third kappa shape index (κ3) is 2.19. The van der Waals surface area contributed by atoms with E-state index in [-0.39, 0.29) is 5.91 Å². The fourth-order valence-electron chi connectivity index (χ4n) is 1.28. The standard InChI is InChI=1S/C9H12N6O/c1-15-3-2-6(14-15)5-11-9(16)7-4-8(10)13-12-7/h2-4H,5H2,1H3,(H,11,16)(H3,10,12,13). The van der Waals surface area contributed by atoms with Crippen LogP contribution in [0.1, 0.15) is 16.2 Å². The molecule has 0 aliphatic carbocycles. The molecule has 7 heteroatoms. The summed E-state index contributed by atoms with van der Waals surface area (Å²) < 4.78 is 1.68. The largest absolute Gasteiger partial charge is 0.382 e. The molecule has 1 amide bonds. The van der Waals surface area contributed by atoms with E-state index >= 15 is 0 Å². The molecular formula is C9H12N6O. The molecular weight excluding hydrogens is 208 g/mol. The van der Waals surface area contributed by atoms with Gasteiger partial charge in [-0.1, -0.05) is 0 Å². The molecule has 2 heterocycles. The maximum atomic E-state index is 11.6. The van der Waals surface area contributed by atoms with Gasteiger partial charge in [-0.25, -0.2) is 0 Å². The Morgan fingerprint density at radius 1 is 1.69 bits per heavy atom. The van der Waals surface area contributed by atoms with Gasteiger partial charge < -0.3 is 11.1 Å². The summed E-state index contributed by atoms with van der Waals surface area (Å²) in [6, 6.07) is 3.31. The van der Waals surface area contributed by atoms with Crippen molar-refractivity contribution in [3.8, 4) is 0 Å². The molecule has 0 fully saturated rings. The minimum atomic E-state index is -0.255. The Bertz CT molecular complexity index is 500. The maximum absolute atomic E-state index is 11.6. The van der Waals surface area contributed by atoms with Crippen LogP contribution in [0.4, 0.5) is 5.82 Å². The molecule has 0 atom stereocenters. The molecule has 0 radical (unpaired) electrons. The molecule has 0 spiro atoms. The molecule has 4 N–H and O–H groups in total. The average molecular weight is 220 g/mol. The van der Waals surface area contributed by atoms with Crippen molar-refractivity contribution < 1.29 is 4.79 Å². The van der Waals surface area contributed by atoms with Crippen molar-refractivity contribution in [1.82, 2.24) is 25.3 Å². The van der Waals surface area contributed by atoms with Crippen LogP contribution < -0.4 is 11.1 Å². The Balaban J connectivity index is 1.93. The summed E-state index contributed by atoms with van der Waals surface area (Å²) in [5, 5.41) is 13.0. The number of aromatic nitrogens is 4. The summed E-state index contributed by atoms with van der Waals surface area (Å²) in [7, 11) is 1.82. The predicted molar refractivity (Wildman–Crippen MR) is 57.4 cm³/mol. The number of nitrogens with two attached hydrogens (primary N) is 1. The van der Waals surface area contributed by atoms with Gasteiger partial charge in [-0.15, -0.1) is 0 Å². The second kappa shape index (κ2) is 4.05. The lowest BCUT2D eigenvalue weighted by Crippen LogP contribution is -2.23. The molecule has 2 rings (SSSR count). The summed E-state index contributed by atoms with van der Waals surface area (Å²) in [6.45, 7) is 0.374. The number of nitrogens with one attached hydrogen (secondary N) is 2. The molecule has 84 valence electrons. The zero-order valence-electron chi connectivity index (χ0n) is 8.77. The van der Waals surface area contributed by atoms with Gasteiger partial charge in [-0.05, 0) is 6.07 Å². The molecule has 0 saturated carbocycles. The van der Waals surface area contributed by atoms with E-state index in [0.717, 1.165) is 5.69 Å². The number of anilines is 1. The monoisotopic (exact) mass is 220 g/mol. The average Bonchev–Trinajstić information content (AvgIpc) is 2.84. The van der Waals surface area contributed by atoms with E-state index in [0.29, 0.717) is 18.1 Å². The third-order valence-electron chi connectivity index (χ3n) is 2.04. The fraction of sp³-hybridized carbons (Fsp3) is 0.222. The molecule has 0 unspecified atom stereocenters. The Kier molecular flexibility index (Phi) is 2.59. The van der Waals surface area contributed by atoms with E-state index in [1.54, 1.807) is 4.68 Å². The lowest BCUT2D eigenvalue weighted by Gasteiger charge is -1.99. The molecule has 0 aliphatic rings. The van der Waals surface area contributed by atoms with Crippen LogP contribution in [0.5, 0.6) is 0 Å². The summed E-state index contributed by atoms with van der Waals surface area (Å²) in [4.78, 5) is 11.6. The first-order valence-electron chi connectivity index (χ1n) is 4.73. The quantitative estimate of drug-likeness (QED) is 0.658. The van der Waals surface area contributed by atoms with Crippen LogP contribution >= 0.6 is 0 Å². The highest BCUT2D eigenvalue weighted by atomic mass is 16.1. The van der Waals surface area contributed by atoms with E-state index < -0.39 is 0 Å². The number of hydrogen-bond acceptors (Lipinski definition) is 4. The molecule has 0 bridgehead atoms. The van der Waals surface area contributed by atoms with E-state index in [2.05, 4.69) is 20.6 Å². The maximum Gasteiger partial charge on any atom is 0.269 e. The topological polar surface area (TPSA) is 102 Å². The minimum Gasteiger partial charge on any atom is -0.382 e. The van der Waals surface area contributed by atoms with E-state index in [9.17, 15) is 4.79 Å². The number of carbonyl (C=O) groups is 1. The highest BCUT2D eigenvalue weighted by Gasteiger charge is 2.08. The number of nitrogen functional groups attached to an aromatic ring is 1. The van der Waals surface area contributed by atoms with Gasteiger partial charge in [0.1, 0.15) is 11.5 Å². The van der Waals surface area contributed by atoms with E-state index in [4.69, 9.17) is 5.73 Å². The number of aryl methyl sites for hydroxylation is 1. The number of nitrogens with zero attached hydrogens (tertiary/aromatic N) is 3. The third-order valence-corrected chi connectivity index (χ3v) is 2.04. The van der Waals surface area contributed by atoms with Crippen LogP contribution in [-0.2, 0) is 13.6 Å². The highest BCUT2D eigenvalue weighted by Crippen LogP contribution is 2.00. The van der Waals surface area contributed by atoms with Crippen molar-refractivity contribution in [2.75, 3.05) is 5.73 Å². The summed E-state index contributed by atoms with van der Waals surface area (Å²) >= 11 is 0. The van der Waals surface area contributed by atoms with Gasteiger partial charge in [0.05, 0.1) is 12.2 Å². The number of aromatic amines is 1. The molecule has 2 aromatic rings. The Labute approximate surface area is 91.6 Å². The van der Waals surface area contributed by atoms with Gasteiger partial charge in [-0.3, -0.25) is 14.6 Å². The number of amides is 1. The summed E-state index contributed by atoms with van der Waals surface area (Å²) in [6.07, 6.45) is 1.82. The molecule has 2 aromatic heterocycles. The number of H-pyrrole nitrogens is 1. The predicted octanol–water partition coefficient (Wildman–Crippen LogP) is -0.345. The van der Waals surface area contributed by atoms with Crippen molar-refractivity contribution >= 4 is 11.7 Å². The van der Waals surface area contributed by atoms with Gasteiger partial charge >= 0.3 is 0 Å². The SMILES string of the molecule is Cn1ccc(CNC(=O)c2cc(N)n[nH]2)n1. The van der Waals surface area contributed by atoms with Gasteiger partial charge in [-0.2, -0.15) is 10.2 Å². The lowest BCUT2D eigenvalue weighted by atomic mass is 10.3. The zero-order chi connectivity index (χ0) is 11.5. The first kappa shape index (κ1) is 10.2. The summed E-state index contributed by atoms with van der Waals surface area (Å²) in [5.41, 5.74) is 6.52. The van der Waals surface area contributed by atoms with Gasteiger partial charge in [0.25, 0.3) is 5.91 Å². The van der Waals surface area contributed by atoms with E-state index in [1.807, 2.05) is 19.3 Å². The van der Waals surface area contributed by atoms with Crippen LogP contribution in [0, 0.1) is 0 Å². The molecule has 7 nitrogen and oxygen atoms in total. The van der Waals surface area contributed by atoms with Crippen LogP contribution in [0.25, 0.3) is 0 Å². The van der Waals surface area contributed by atoms with Crippen molar-refractivity contribution in [1.29, 1.82) is 0 Å². The van der Waals surface area contributed by atoms with Crippen LogP contribution in [0.2, 0.25) is 0 Å². The second-order valence-electron chi connectivity index (χ2n) is 3.37. The minimum absolute atomic E-state index is 0.255. The van der Waals surface area contributed by atoms with Crippen molar-refractivity contribution in [2.24, 2.45) is 7.05 Å². The lowest BCUT2D eigenvalue weighted by molar-refractivity contribution is 0.0945. The number of hydrogen-bond donors (Lipinski definition) is 3. The first-order chi connectivity index (χ1) is 7.65. The Morgan fingerprint density at radius 3 is 3.06 bits per heavy atom. The Hall–Kier alpha value is -2.31. The van der Waals surface area contributed by atoms with Crippen LogP contribution in [-0.4, -0.2) is 25.9 Å². The smallest absolute Gasteiger partial charge is 0.269 e. The van der Waals surface area contributed by atoms with Gasteiger partial charge in [0, 0.05) is 19.3 Å². The number of carbonyl (C=O) groups excluding carboxylic acids is 1. The molecule has 0 aliphatic heterocycles.